The number of H-pyrrole nitrogens is 1. The molecule has 0 aliphatic rings. The number of hydrogen-bond donors (Lipinski definition) is 2. The Morgan fingerprint density at radius 1 is 1.40 bits per heavy atom. The number of halogens is 1. The summed E-state index contributed by atoms with van der Waals surface area (Å²) in [5, 5.41) is 9.08. The molecule has 2 N–H and O–H groups in total. The third-order valence-electron chi connectivity index (χ3n) is 2.07. The summed E-state index contributed by atoms with van der Waals surface area (Å²) in [5.41, 5.74) is -0.864. The average molecular weight is 207 g/mol. The number of nitrogens with one attached hydrogen (secondary N) is 1. The number of pyridine rings is 1. The van der Waals surface area contributed by atoms with Crippen LogP contribution in [0.5, 0.6) is 0 Å². The highest BCUT2D eigenvalue weighted by Gasteiger charge is 2.13. The topological polar surface area (TPSA) is 70.2 Å². The number of aromatic amines is 1. The second-order valence-corrected chi connectivity index (χ2v) is 3.03. The van der Waals surface area contributed by atoms with Crippen molar-refractivity contribution in [2.75, 3.05) is 0 Å². The summed E-state index contributed by atoms with van der Waals surface area (Å²) < 4.78 is 13.0. The molecule has 2 rings (SSSR count). The van der Waals surface area contributed by atoms with Crippen molar-refractivity contribution in [2.45, 2.75) is 0 Å². The van der Waals surface area contributed by atoms with Crippen LogP contribution in [0.4, 0.5) is 4.39 Å². The van der Waals surface area contributed by atoms with E-state index in [1.165, 1.54) is 12.3 Å². The largest absolute Gasteiger partial charge is 0.478 e. The lowest BCUT2D eigenvalue weighted by Crippen LogP contribution is -2.10. The lowest BCUT2D eigenvalue weighted by Gasteiger charge is -2.01. The standard InChI is InChI=1S/C10H6FNO3/c11-6-3-5-1-2-12-9(13)8(5)7(4-6)10(14)15/h1-4H,(H,12,13)(H,14,15). The lowest BCUT2D eigenvalue weighted by molar-refractivity contribution is 0.0698. The van der Waals surface area contributed by atoms with Gasteiger partial charge in [-0.1, -0.05) is 0 Å². The summed E-state index contributed by atoms with van der Waals surface area (Å²) in [7, 11) is 0. The molecule has 0 amide bonds. The van der Waals surface area contributed by atoms with E-state index in [1.54, 1.807) is 0 Å². The summed E-state index contributed by atoms with van der Waals surface area (Å²) in [6, 6.07) is 3.41. The van der Waals surface area contributed by atoms with Gasteiger partial charge in [-0.25, -0.2) is 9.18 Å². The van der Waals surface area contributed by atoms with Gasteiger partial charge in [0.1, 0.15) is 5.82 Å². The summed E-state index contributed by atoms with van der Waals surface area (Å²) in [6.45, 7) is 0. The van der Waals surface area contributed by atoms with Crippen molar-refractivity contribution < 1.29 is 14.3 Å². The van der Waals surface area contributed by atoms with Gasteiger partial charge in [0.15, 0.2) is 0 Å². The molecular formula is C10H6FNO3. The lowest BCUT2D eigenvalue weighted by atomic mass is 10.1. The fourth-order valence-electron chi connectivity index (χ4n) is 1.46. The second-order valence-electron chi connectivity index (χ2n) is 3.03. The van der Waals surface area contributed by atoms with Crippen molar-refractivity contribution in [1.29, 1.82) is 0 Å². The number of carbonyl (C=O) groups is 1. The monoisotopic (exact) mass is 207 g/mol. The highest BCUT2D eigenvalue weighted by Crippen LogP contribution is 2.16. The van der Waals surface area contributed by atoms with Gasteiger partial charge in [0.05, 0.1) is 10.9 Å². The van der Waals surface area contributed by atoms with Crippen LogP contribution in [0.25, 0.3) is 10.8 Å². The van der Waals surface area contributed by atoms with E-state index in [0.717, 1.165) is 12.1 Å². The van der Waals surface area contributed by atoms with E-state index in [0.29, 0.717) is 0 Å². The van der Waals surface area contributed by atoms with Crippen LogP contribution in [0, 0.1) is 5.82 Å². The Morgan fingerprint density at radius 2 is 2.13 bits per heavy atom. The van der Waals surface area contributed by atoms with Crippen LogP contribution in [0.1, 0.15) is 10.4 Å². The third kappa shape index (κ3) is 1.48. The van der Waals surface area contributed by atoms with E-state index in [-0.39, 0.29) is 16.3 Å². The molecule has 5 heteroatoms. The molecule has 0 aliphatic heterocycles. The molecule has 0 atom stereocenters. The van der Waals surface area contributed by atoms with Crippen molar-refractivity contribution in [3.63, 3.8) is 0 Å². The predicted molar refractivity (Wildman–Crippen MR) is 51.5 cm³/mol. The highest BCUT2D eigenvalue weighted by atomic mass is 19.1. The number of carboxylic acid groups (broad SMARTS) is 1. The zero-order chi connectivity index (χ0) is 11.0. The Labute approximate surface area is 83.0 Å². The van der Waals surface area contributed by atoms with E-state index in [9.17, 15) is 14.0 Å². The van der Waals surface area contributed by atoms with Crippen molar-refractivity contribution in [3.05, 3.63) is 46.1 Å². The van der Waals surface area contributed by atoms with Gasteiger partial charge < -0.3 is 10.1 Å². The van der Waals surface area contributed by atoms with Gasteiger partial charge in [0, 0.05) is 6.20 Å². The van der Waals surface area contributed by atoms with E-state index in [1.807, 2.05) is 0 Å². The number of fused-ring (bicyclic) bond motifs is 1. The number of carboxylic acids is 1. The molecule has 0 unspecified atom stereocenters. The van der Waals surface area contributed by atoms with Crippen LogP contribution < -0.4 is 5.56 Å². The first-order valence-electron chi connectivity index (χ1n) is 4.14. The van der Waals surface area contributed by atoms with Gasteiger partial charge in [-0.2, -0.15) is 0 Å². The van der Waals surface area contributed by atoms with Crippen LogP contribution in [0.3, 0.4) is 0 Å². The normalized spacial score (nSPS) is 10.5. The molecule has 1 aromatic carbocycles. The highest BCUT2D eigenvalue weighted by molar-refractivity contribution is 6.03. The molecule has 0 aliphatic carbocycles. The zero-order valence-electron chi connectivity index (χ0n) is 7.45. The smallest absolute Gasteiger partial charge is 0.336 e. The number of aromatic carboxylic acids is 1. The fourth-order valence-corrected chi connectivity index (χ4v) is 1.46. The minimum atomic E-state index is -1.32. The first kappa shape index (κ1) is 9.39. The molecule has 0 fully saturated rings. The number of rotatable bonds is 1. The quantitative estimate of drug-likeness (QED) is 0.741. The summed E-state index contributed by atoms with van der Waals surface area (Å²) in [6.07, 6.45) is 1.34. The van der Waals surface area contributed by atoms with Gasteiger partial charge >= 0.3 is 5.97 Å². The van der Waals surface area contributed by atoms with Crippen LogP contribution >= 0.6 is 0 Å². The Kier molecular flexibility index (Phi) is 2.00. The zero-order valence-corrected chi connectivity index (χ0v) is 7.45. The maximum absolute atomic E-state index is 13.0. The van der Waals surface area contributed by atoms with Gasteiger partial charge in [-0.15, -0.1) is 0 Å². The molecule has 0 spiro atoms. The molecule has 0 bridgehead atoms. The Hall–Kier alpha value is -2.17. The van der Waals surface area contributed by atoms with E-state index >= 15 is 0 Å². The fraction of sp³-hybridized carbons (Fsp3) is 0. The summed E-state index contributed by atoms with van der Waals surface area (Å²) >= 11 is 0. The van der Waals surface area contributed by atoms with Crippen LogP contribution in [-0.4, -0.2) is 16.1 Å². The van der Waals surface area contributed by atoms with Gasteiger partial charge in [-0.05, 0) is 23.6 Å². The minimum absolute atomic E-state index is 0.00796. The number of hydrogen-bond acceptors (Lipinski definition) is 2. The van der Waals surface area contributed by atoms with Crippen molar-refractivity contribution in [1.82, 2.24) is 4.98 Å². The van der Waals surface area contributed by atoms with Crippen LogP contribution in [0.2, 0.25) is 0 Å². The molecule has 0 saturated heterocycles. The van der Waals surface area contributed by atoms with Crippen LogP contribution in [-0.2, 0) is 0 Å². The molecule has 4 nitrogen and oxygen atoms in total. The molecule has 0 saturated carbocycles. The first-order valence-corrected chi connectivity index (χ1v) is 4.14. The maximum Gasteiger partial charge on any atom is 0.336 e. The van der Waals surface area contributed by atoms with Crippen LogP contribution in [0.15, 0.2) is 29.2 Å². The molecule has 1 aromatic heterocycles. The van der Waals surface area contributed by atoms with Gasteiger partial charge in [0.25, 0.3) is 5.56 Å². The Balaban J connectivity index is 3.01. The first-order chi connectivity index (χ1) is 7.09. The number of benzene rings is 1. The molecule has 2 aromatic rings. The van der Waals surface area contributed by atoms with E-state index in [4.69, 9.17) is 5.11 Å². The number of aromatic nitrogens is 1. The SMILES string of the molecule is O=C(O)c1cc(F)cc2cc[nH]c(=O)c12. The van der Waals surface area contributed by atoms with E-state index < -0.39 is 17.3 Å². The van der Waals surface area contributed by atoms with Gasteiger partial charge in [0.2, 0.25) is 0 Å². The minimum Gasteiger partial charge on any atom is -0.478 e. The predicted octanol–water partition coefficient (Wildman–Crippen LogP) is 1.37. The third-order valence-corrected chi connectivity index (χ3v) is 2.07. The maximum atomic E-state index is 13.0. The Bertz CT molecular complexity index is 603. The summed E-state index contributed by atoms with van der Waals surface area (Å²) in [4.78, 5) is 24.5. The molecule has 15 heavy (non-hydrogen) atoms. The Morgan fingerprint density at radius 3 is 2.80 bits per heavy atom. The average Bonchev–Trinajstić information content (AvgIpc) is 2.16. The molecule has 1 heterocycles. The molecule has 76 valence electrons. The van der Waals surface area contributed by atoms with E-state index in [2.05, 4.69) is 4.98 Å². The molecular weight excluding hydrogens is 201 g/mol. The van der Waals surface area contributed by atoms with Crippen molar-refractivity contribution in [3.8, 4) is 0 Å². The second kappa shape index (κ2) is 3.20. The van der Waals surface area contributed by atoms with Gasteiger partial charge in [-0.3, -0.25) is 4.79 Å². The van der Waals surface area contributed by atoms with Crippen molar-refractivity contribution in [2.24, 2.45) is 0 Å². The molecule has 0 radical (unpaired) electrons. The summed E-state index contributed by atoms with van der Waals surface area (Å²) in [5.74, 6) is -2.00. The van der Waals surface area contributed by atoms with Crippen molar-refractivity contribution >= 4 is 16.7 Å².